The van der Waals surface area contributed by atoms with E-state index in [0.717, 1.165) is 11.6 Å². The summed E-state index contributed by atoms with van der Waals surface area (Å²) in [6.45, 7) is 0.394. The van der Waals surface area contributed by atoms with Crippen LogP contribution < -0.4 is 10.1 Å². The van der Waals surface area contributed by atoms with Crippen molar-refractivity contribution in [3.8, 4) is 5.88 Å². The van der Waals surface area contributed by atoms with Crippen molar-refractivity contribution < 1.29 is 27.8 Å². The van der Waals surface area contributed by atoms with Crippen LogP contribution in [0.3, 0.4) is 0 Å². The minimum absolute atomic E-state index is 0.0608. The fourth-order valence-corrected chi connectivity index (χ4v) is 2.32. The molecule has 0 fully saturated rings. The first-order valence-electron chi connectivity index (χ1n) is 8.17. The lowest BCUT2D eigenvalue weighted by Crippen LogP contribution is -2.39. The molecule has 1 amide bonds. The summed E-state index contributed by atoms with van der Waals surface area (Å²) in [5, 5.41) is 19.4. The van der Waals surface area contributed by atoms with E-state index in [1.165, 1.54) is 6.07 Å². The van der Waals surface area contributed by atoms with E-state index in [0.29, 0.717) is 6.42 Å². The zero-order valence-corrected chi connectivity index (χ0v) is 14.7. The first-order valence-corrected chi connectivity index (χ1v) is 8.17. The van der Waals surface area contributed by atoms with E-state index in [9.17, 15) is 23.1 Å². The highest BCUT2D eigenvalue weighted by molar-refractivity contribution is 5.92. The Labute approximate surface area is 154 Å². The monoisotopic (exact) mass is 383 g/mol. The van der Waals surface area contributed by atoms with Gasteiger partial charge in [0.25, 0.3) is 5.91 Å². The fourth-order valence-electron chi connectivity index (χ4n) is 2.32. The largest absolute Gasteiger partial charge is 0.467 e. The normalized spacial score (nSPS) is 13.7. The number of hydrogen-bond acceptors (Lipinski definition) is 5. The molecule has 0 bridgehead atoms. The van der Waals surface area contributed by atoms with E-state index in [1.54, 1.807) is 0 Å². The predicted molar refractivity (Wildman–Crippen MR) is 91.3 cm³/mol. The number of alkyl halides is 3. The van der Waals surface area contributed by atoms with Crippen molar-refractivity contribution in [1.82, 2.24) is 15.5 Å². The quantitative estimate of drug-likeness (QED) is 0.731. The number of hydrogen-bond donors (Lipinski definition) is 2. The molecular formula is C18H20F3N3O3. The summed E-state index contributed by atoms with van der Waals surface area (Å²) in [5.41, 5.74) is 0.379. The number of nitrogens with one attached hydrogen (secondary N) is 1. The van der Waals surface area contributed by atoms with E-state index in [1.807, 2.05) is 37.3 Å². The standard InChI is InChI=1S/C18H20F3N3O3/c1-17(11-25,9-13-5-3-2-4-6-13)10-22-16(26)14-7-8-15(24-23-14)27-12-18(19,20)21/h2-8,25H,9-12H2,1H3,(H,22,26)/t17-/m1/s1. The highest BCUT2D eigenvalue weighted by atomic mass is 19.4. The Morgan fingerprint density at radius 3 is 2.41 bits per heavy atom. The third-order valence-corrected chi connectivity index (χ3v) is 3.79. The number of carbonyl (C=O) groups excluding carboxylic acids is 1. The first-order chi connectivity index (χ1) is 12.7. The molecule has 0 spiro atoms. The Hall–Kier alpha value is -2.68. The number of aliphatic hydroxyl groups is 1. The van der Waals surface area contributed by atoms with Crippen molar-refractivity contribution in [2.24, 2.45) is 5.41 Å². The molecule has 1 aromatic heterocycles. The van der Waals surface area contributed by atoms with E-state index in [-0.39, 0.29) is 24.7 Å². The molecule has 1 heterocycles. The molecule has 2 N–H and O–H groups in total. The van der Waals surface area contributed by atoms with Gasteiger partial charge in [0.05, 0.1) is 6.61 Å². The van der Waals surface area contributed by atoms with Gasteiger partial charge >= 0.3 is 6.18 Å². The minimum atomic E-state index is -4.48. The van der Waals surface area contributed by atoms with E-state index < -0.39 is 24.1 Å². The summed E-state index contributed by atoms with van der Waals surface area (Å²) in [7, 11) is 0. The van der Waals surface area contributed by atoms with E-state index >= 15 is 0 Å². The van der Waals surface area contributed by atoms with Crippen LogP contribution in [0.1, 0.15) is 23.0 Å². The summed E-state index contributed by atoms with van der Waals surface area (Å²) >= 11 is 0. The molecule has 2 aromatic rings. The number of halogens is 3. The maximum atomic E-state index is 12.2. The van der Waals surface area contributed by atoms with Gasteiger partial charge in [-0.3, -0.25) is 4.79 Å². The molecule has 0 saturated carbocycles. The average molecular weight is 383 g/mol. The van der Waals surface area contributed by atoms with Crippen LogP contribution in [0.2, 0.25) is 0 Å². The van der Waals surface area contributed by atoms with Gasteiger partial charge in [0.1, 0.15) is 0 Å². The van der Waals surface area contributed by atoms with Crippen molar-refractivity contribution >= 4 is 5.91 Å². The van der Waals surface area contributed by atoms with Crippen LogP contribution in [-0.2, 0) is 6.42 Å². The minimum Gasteiger partial charge on any atom is -0.467 e. The summed E-state index contributed by atoms with van der Waals surface area (Å²) in [4.78, 5) is 12.2. The van der Waals surface area contributed by atoms with E-state index in [2.05, 4.69) is 20.3 Å². The number of carbonyl (C=O) groups is 1. The summed E-state index contributed by atoms with van der Waals surface area (Å²) in [5.74, 6) is -0.870. The lowest BCUT2D eigenvalue weighted by molar-refractivity contribution is -0.154. The summed E-state index contributed by atoms with van der Waals surface area (Å²) < 4.78 is 40.7. The van der Waals surface area contributed by atoms with Crippen molar-refractivity contribution in [2.45, 2.75) is 19.5 Å². The Balaban J connectivity index is 1.91. The molecule has 0 unspecified atom stereocenters. The predicted octanol–water partition coefficient (Wildman–Crippen LogP) is 2.39. The second-order valence-corrected chi connectivity index (χ2v) is 6.47. The summed E-state index contributed by atoms with van der Waals surface area (Å²) in [6, 6.07) is 11.9. The lowest BCUT2D eigenvalue weighted by atomic mass is 9.84. The van der Waals surface area contributed by atoms with Gasteiger partial charge in [0.15, 0.2) is 12.3 Å². The first kappa shape index (κ1) is 20.6. The number of aliphatic hydroxyl groups excluding tert-OH is 1. The number of ether oxygens (including phenoxy) is 1. The van der Waals surface area contributed by atoms with Crippen LogP contribution in [0.25, 0.3) is 0 Å². The van der Waals surface area contributed by atoms with Gasteiger partial charge in [0.2, 0.25) is 5.88 Å². The maximum absolute atomic E-state index is 12.2. The van der Waals surface area contributed by atoms with Gasteiger partial charge in [-0.2, -0.15) is 13.2 Å². The second-order valence-electron chi connectivity index (χ2n) is 6.47. The zero-order valence-electron chi connectivity index (χ0n) is 14.7. The molecule has 0 saturated heterocycles. The van der Waals surface area contributed by atoms with Crippen molar-refractivity contribution in [2.75, 3.05) is 19.8 Å². The topological polar surface area (TPSA) is 84.3 Å². The van der Waals surface area contributed by atoms with Gasteiger partial charge < -0.3 is 15.2 Å². The van der Waals surface area contributed by atoms with Crippen LogP contribution in [0, 0.1) is 5.41 Å². The van der Waals surface area contributed by atoms with Crippen LogP contribution in [-0.4, -0.2) is 47.1 Å². The van der Waals surface area contributed by atoms with Gasteiger partial charge in [-0.25, -0.2) is 0 Å². The molecule has 9 heteroatoms. The van der Waals surface area contributed by atoms with Crippen LogP contribution in [0.15, 0.2) is 42.5 Å². The summed E-state index contributed by atoms with van der Waals surface area (Å²) in [6.07, 6.45) is -3.92. The molecule has 0 aliphatic heterocycles. The zero-order chi connectivity index (χ0) is 19.9. The Morgan fingerprint density at radius 2 is 1.85 bits per heavy atom. The fraction of sp³-hybridized carbons (Fsp3) is 0.389. The van der Waals surface area contributed by atoms with Crippen molar-refractivity contribution in [3.63, 3.8) is 0 Å². The van der Waals surface area contributed by atoms with Gasteiger partial charge in [-0.05, 0) is 18.1 Å². The van der Waals surface area contributed by atoms with Crippen LogP contribution in [0.4, 0.5) is 13.2 Å². The Morgan fingerprint density at radius 1 is 1.15 bits per heavy atom. The van der Waals surface area contributed by atoms with Gasteiger partial charge in [-0.15, -0.1) is 10.2 Å². The van der Waals surface area contributed by atoms with Gasteiger partial charge in [-0.1, -0.05) is 37.3 Å². The molecule has 1 atom stereocenters. The van der Waals surface area contributed by atoms with E-state index in [4.69, 9.17) is 0 Å². The smallest absolute Gasteiger partial charge is 0.422 e. The molecule has 0 aliphatic carbocycles. The average Bonchev–Trinajstić information content (AvgIpc) is 2.65. The number of benzene rings is 1. The van der Waals surface area contributed by atoms with Crippen LogP contribution in [0.5, 0.6) is 5.88 Å². The Bertz CT molecular complexity index is 739. The third-order valence-electron chi connectivity index (χ3n) is 3.79. The van der Waals surface area contributed by atoms with Gasteiger partial charge in [0, 0.05) is 18.0 Å². The lowest BCUT2D eigenvalue weighted by Gasteiger charge is -2.27. The second kappa shape index (κ2) is 8.81. The molecule has 2 rings (SSSR count). The van der Waals surface area contributed by atoms with Crippen molar-refractivity contribution in [3.05, 3.63) is 53.7 Å². The molecule has 0 aliphatic rings. The highest BCUT2D eigenvalue weighted by Gasteiger charge is 2.29. The number of amides is 1. The van der Waals surface area contributed by atoms with Crippen molar-refractivity contribution in [1.29, 1.82) is 0 Å². The third kappa shape index (κ3) is 6.86. The number of nitrogens with zero attached hydrogens (tertiary/aromatic N) is 2. The maximum Gasteiger partial charge on any atom is 0.422 e. The molecular weight excluding hydrogens is 363 g/mol. The highest BCUT2D eigenvalue weighted by Crippen LogP contribution is 2.21. The molecule has 146 valence electrons. The van der Waals surface area contributed by atoms with Crippen LogP contribution >= 0.6 is 0 Å². The molecule has 0 radical (unpaired) electrons. The molecule has 27 heavy (non-hydrogen) atoms. The molecule has 1 aromatic carbocycles. The Kier molecular flexibility index (Phi) is 6.73. The number of rotatable bonds is 8. The number of aromatic nitrogens is 2. The SMILES string of the molecule is C[C@](CO)(CNC(=O)c1ccc(OCC(F)(F)F)nn1)Cc1ccccc1. The molecule has 6 nitrogen and oxygen atoms in total.